The fourth-order valence-corrected chi connectivity index (χ4v) is 5.82. The summed E-state index contributed by atoms with van der Waals surface area (Å²) < 4.78 is 31.8. The quantitative estimate of drug-likeness (QED) is 0.867. The summed E-state index contributed by atoms with van der Waals surface area (Å²) in [5.41, 5.74) is 0. The first-order chi connectivity index (χ1) is 8.84. The van der Waals surface area contributed by atoms with Crippen LogP contribution in [0.5, 0.6) is 0 Å². The fourth-order valence-electron chi connectivity index (χ4n) is 1.88. The van der Waals surface area contributed by atoms with Crippen LogP contribution in [0.25, 0.3) is 0 Å². The summed E-state index contributed by atoms with van der Waals surface area (Å²) in [6.45, 7) is 1.82. The van der Waals surface area contributed by atoms with Gasteiger partial charge in [0.25, 0.3) is 0 Å². The van der Waals surface area contributed by atoms with Gasteiger partial charge in [0.15, 0.2) is 0 Å². The van der Waals surface area contributed by atoms with Gasteiger partial charge in [-0.3, -0.25) is 4.79 Å². The highest BCUT2D eigenvalue weighted by Crippen LogP contribution is 2.32. The third kappa shape index (κ3) is 2.84. The first-order valence-electron chi connectivity index (χ1n) is 5.42. The molecule has 1 aliphatic rings. The molecule has 0 aliphatic carbocycles. The van der Waals surface area contributed by atoms with Gasteiger partial charge in [0, 0.05) is 11.4 Å². The molecule has 9 heteroatoms. The van der Waals surface area contributed by atoms with E-state index in [0.29, 0.717) is 8.66 Å². The molecule has 0 spiro atoms. The molecule has 0 radical (unpaired) electrons. The Morgan fingerprint density at radius 1 is 1.63 bits per heavy atom. The molecule has 1 saturated heterocycles. The van der Waals surface area contributed by atoms with Crippen LogP contribution in [0.4, 0.5) is 0 Å². The number of aryl methyl sites for hydroxylation is 1. The maximum atomic E-state index is 12.5. The van der Waals surface area contributed by atoms with Crippen LogP contribution in [-0.2, 0) is 19.6 Å². The van der Waals surface area contributed by atoms with Crippen molar-refractivity contribution >= 4 is 43.3 Å². The molecular weight excluding hydrogens is 358 g/mol. The molecule has 1 aromatic heterocycles. The summed E-state index contributed by atoms with van der Waals surface area (Å²) in [5.74, 6) is -1.20. The van der Waals surface area contributed by atoms with E-state index in [2.05, 4.69) is 15.9 Å². The second-order valence-corrected chi connectivity index (χ2v) is 8.51. The second-order valence-electron chi connectivity index (χ2n) is 4.02. The number of sulfonamides is 1. The molecule has 19 heavy (non-hydrogen) atoms. The Bertz CT molecular complexity index is 597. The zero-order valence-corrected chi connectivity index (χ0v) is 13.2. The fraction of sp³-hybridized carbons (Fsp3) is 0.500. The summed E-state index contributed by atoms with van der Waals surface area (Å²) >= 11 is 4.54. The number of carbonyl (C=O) groups is 1. The average Bonchev–Trinajstić information content (AvgIpc) is 2.69. The van der Waals surface area contributed by atoms with Crippen LogP contribution in [0.3, 0.4) is 0 Å². The smallest absolute Gasteiger partial charge is 0.324 e. The van der Waals surface area contributed by atoms with E-state index < -0.39 is 22.0 Å². The van der Waals surface area contributed by atoms with Gasteiger partial charge in [-0.15, -0.1) is 11.3 Å². The predicted octanol–water partition coefficient (Wildman–Crippen LogP) is 1.29. The summed E-state index contributed by atoms with van der Waals surface area (Å²) in [6, 6.07) is 0.334. The minimum Gasteiger partial charge on any atom is -0.480 e. The van der Waals surface area contributed by atoms with Gasteiger partial charge in [0.1, 0.15) is 6.04 Å². The van der Waals surface area contributed by atoms with Gasteiger partial charge in [0.05, 0.1) is 21.9 Å². The first-order valence-corrected chi connectivity index (χ1v) is 8.47. The Morgan fingerprint density at radius 3 is 2.84 bits per heavy atom. The van der Waals surface area contributed by atoms with E-state index in [4.69, 9.17) is 9.84 Å². The number of aliphatic carboxylic acids is 1. The van der Waals surface area contributed by atoms with Crippen LogP contribution in [0, 0.1) is 6.92 Å². The minimum absolute atomic E-state index is 0.0478. The number of carboxylic acid groups (broad SMARTS) is 1. The Hall–Kier alpha value is -0.480. The summed E-state index contributed by atoms with van der Waals surface area (Å²) in [4.78, 5) is 11.9. The molecule has 0 saturated carbocycles. The summed E-state index contributed by atoms with van der Waals surface area (Å²) in [5, 5.41) is 9.10. The molecule has 1 fully saturated rings. The zero-order chi connectivity index (χ0) is 14.2. The van der Waals surface area contributed by atoms with Crippen LogP contribution in [0.15, 0.2) is 14.7 Å². The molecule has 1 aromatic rings. The first kappa shape index (κ1) is 14.9. The van der Waals surface area contributed by atoms with E-state index in [9.17, 15) is 13.2 Å². The number of thiophene rings is 1. The molecule has 0 aromatic carbocycles. The number of halogens is 1. The van der Waals surface area contributed by atoms with E-state index in [1.165, 1.54) is 17.4 Å². The van der Waals surface area contributed by atoms with Crippen LogP contribution in [0.1, 0.15) is 4.88 Å². The Morgan fingerprint density at radius 2 is 2.32 bits per heavy atom. The summed E-state index contributed by atoms with van der Waals surface area (Å²) in [6.07, 6.45) is 0. The van der Waals surface area contributed by atoms with E-state index in [0.717, 1.165) is 4.31 Å². The highest BCUT2D eigenvalue weighted by atomic mass is 79.9. The van der Waals surface area contributed by atoms with Crippen molar-refractivity contribution in [1.82, 2.24) is 4.31 Å². The lowest BCUT2D eigenvalue weighted by molar-refractivity contribution is -0.146. The standard InChI is InChI=1S/C10H12BrNO5S2/c1-6-8(4-9(11)18-6)19(15,16)12-2-3-17-5-7(12)10(13)14/h4,7H,2-3,5H2,1H3,(H,13,14). The lowest BCUT2D eigenvalue weighted by Gasteiger charge is -2.31. The Balaban J connectivity index is 2.43. The maximum Gasteiger partial charge on any atom is 0.324 e. The molecule has 1 aliphatic heterocycles. The number of carboxylic acids is 1. The van der Waals surface area contributed by atoms with Crippen LogP contribution in [-0.4, -0.2) is 49.6 Å². The molecule has 6 nitrogen and oxygen atoms in total. The van der Waals surface area contributed by atoms with Crippen molar-refractivity contribution in [3.63, 3.8) is 0 Å². The SMILES string of the molecule is Cc1sc(Br)cc1S(=O)(=O)N1CCOCC1C(=O)O. The molecule has 1 N–H and O–H groups in total. The van der Waals surface area contributed by atoms with Gasteiger partial charge < -0.3 is 9.84 Å². The van der Waals surface area contributed by atoms with Crippen molar-refractivity contribution in [3.8, 4) is 0 Å². The van der Waals surface area contributed by atoms with Crippen LogP contribution < -0.4 is 0 Å². The minimum atomic E-state index is -3.81. The molecule has 2 heterocycles. The van der Waals surface area contributed by atoms with Crippen molar-refractivity contribution in [2.75, 3.05) is 19.8 Å². The second kappa shape index (κ2) is 5.49. The number of rotatable bonds is 3. The third-order valence-electron chi connectivity index (χ3n) is 2.79. The topological polar surface area (TPSA) is 83.9 Å². The van der Waals surface area contributed by atoms with E-state index in [-0.39, 0.29) is 24.7 Å². The lowest BCUT2D eigenvalue weighted by atomic mass is 10.3. The van der Waals surface area contributed by atoms with Gasteiger partial charge in [-0.05, 0) is 28.9 Å². The summed E-state index contributed by atoms with van der Waals surface area (Å²) in [7, 11) is -3.81. The number of ether oxygens (including phenoxy) is 1. The molecular formula is C10H12BrNO5S2. The van der Waals surface area contributed by atoms with E-state index >= 15 is 0 Å². The Kier molecular flexibility index (Phi) is 4.31. The molecule has 2 rings (SSSR count). The van der Waals surface area contributed by atoms with Crippen LogP contribution >= 0.6 is 27.3 Å². The van der Waals surface area contributed by atoms with E-state index in [1.54, 1.807) is 6.92 Å². The lowest BCUT2D eigenvalue weighted by Crippen LogP contribution is -2.52. The molecule has 0 amide bonds. The van der Waals surface area contributed by atoms with Crippen molar-refractivity contribution in [1.29, 1.82) is 0 Å². The monoisotopic (exact) mass is 369 g/mol. The largest absolute Gasteiger partial charge is 0.480 e. The maximum absolute atomic E-state index is 12.5. The van der Waals surface area contributed by atoms with Crippen molar-refractivity contribution < 1.29 is 23.1 Å². The van der Waals surface area contributed by atoms with Gasteiger partial charge in [0.2, 0.25) is 10.0 Å². The number of hydrogen-bond donors (Lipinski definition) is 1. The van der Waals surface area contributed by atoms with Crippen molar-refractivity contribution in [2.24, 2.45) is 0 Å². The van der Waals surface area contributed by atoms with Gasteiger partial charge in [-0.1, -0.05) is 0 Å². The molecule has 0 bridgehead atoms. The van der Waals surface area contributed by atoms with E-state index in [1.807, 2.05) is 0 Å². The number of hydrogen-bond acceptors (Lipinski definition) is 5. The predicted molar refractivity (Wildman–Crippen MR) is 72.9 cm³/mol. The third-order valence-corrected chi connectivity index (χ3v) is 6.51. The Labute approximate surface area is 123 Å². The molecule has 1 atom stereocenters. The molecule has 106 valence electrons. The van der Waals surface area contributed by atoms with Crippen LogP contribution in [0.2, 0.25) is 0 Å². The van der Waals surface area contributed by atoms with Crippen molar-refractivity contribution in [3.05, 3.63) is 14.7 Å². The average molecular weight is 370 g/mol. The van der Waals surface area contributed by atoms with Gasteiger partial charge >= 0.3 is 5.97 Å². The zero-order valence-electron chi connectivity index (χ0n) is 10.00. The normalized spacial score (nSPS) is 21.5. The van der Waals surface area contributed by atoms with Gasteiger partial charge in [-0.25, -0.2) is 8.42 Å². The van der Waals surface area contributed by atoms with Gasteiger partial charge in [-0.2, -0.15) is 4.31 Å². The highest BCUT2D eigenvalue weighted by Gasteiger charge is 2.39. The molecule has 1 unspecified atom stereocenters. The number of morpholine rings is 1. The highest BCUT2D eigenvalue weighted by molar-refractivity contribution is 9.11. The number of nitrogens with zero attached hydrogens (tertiary/aromatic N) is 1. The van der Waals surface area contributed by atoms with Crippen molar-refractivity contribution in [2.45, 2.75) is 17.9 Å².